The number of hydrogen-bond donors (Lipinski definition) is 1. The van der Waals surface area contributed by atoms with E-state index in [1.54, 1.807) is 0 Å². The van der Waals surface area contributed by atoms with Crippen LogP contribution >= 0.6 is 0 Å². The van der Waals surface area contributed by atoms with E-state index < -0.39 is 0 Å². The lowest BCUT2D eigenvalue weighted by atomic mass is 9.97. The Balaban J connectivity index is 3.29. The number of hydrogen-bond acceptors (Lipinski definition) is 2. The first-order valence-electron chi connectivity index (χ1n) is 5.45. The summed E-state index contributed by atoms with van der Waals surface area (Å²) in [5, 5.41) is 3.47. The van der Waals surface area contributed by atoms with Crippen molar-refractivity contribution in [3.63, 3.8) is 0 Å². The Morgan fingerprint density at radius 3 is 2.38 bits per heavy atom. The van der Waals surface area contributed by atoms with Crippen LogP contribution in [0.3, 0.4) is 0 Å². The van der Waals surface area contributed by atoms with Crippen LogP contribution in [-0.4, -0.2) is 25.3 Å². The van der Waals surface area contributed by atoms with Gasteiger partial charge in [0.1, 0.15) is 0 Å². The molecule has 2 nitrogen and oxygen atoms in total. The average Bonchev–Trinajstić information content (AvgIpc) is 2.04. The molecule has 0 radical (unpaired) electrons. The molecule has 0 aliphatic heterocycles. The van der Waals surface area contributed by atoms with Crippen LogP contribution in [0.1, 0.15) is 47.0 Å². The summed E-state index contributed by atoms with van der Waals surface area (Å²) >= 11 is 0. The third kappa shape index (κ3) is 8.26. The van der Waals surface area contributed by atoms with E-state index >= 15 is 0 Å². The van der Waals surface area contributed by atoms with Gasteiger partial charge >= 0.3 is 0 Å². The molecule has 0 unspecified atom stereocenters. The van der Waals surface area contributed by atoms with Gasteiger partial charge in [0.2, 0.25) is 0 Å². The van der Waals surface area contributed by atoms with Gasteiger partial charge in [-0.3, -0.25) is 0 Å². The zero-order chi connectivity index (χ0) is 10.2. The first-order valence-corrected chi connectivity index (χ1v) is 5.45. The lowest BCUT2D eigenvalue weighted by Gasteiger charge is -2.25. The highest BCUT2D eigenvalue weighted by Gasteiger charge is 2.14. The molecule has 0 aromatic rings. The molecule has 2 heteroatoms. The van der Waals surface area contributed by atoms with Crippen molar-refractivity contribution in [2.24, 2.45) is 0 Å². The van der Waals surface area contributed by atoms with Gasteiger partial charge in [-0.05, 0) is 46.6 Å². The van der Waals surface area contributed by atoms with Gasteiger partial charge in [0, 0.05) is 18.8 Å². The van der Waals surface area contributed by atoms with Gasteiger partial charge in [0.15, 0.2) is 0 Å². The Morgan fingerprint density at radius 2 is 1.85 bits per heavy atom. The molecular formula is C11H25NO. The molecule has 0 saturated heterocycles. The largest absolute Gasteiger partial charge is 0.382 e. The molecule has 0 aliphatic rings. The Morgan fingerprint density at radius 1 is 1.15 bits per heavy atom. The van der Waals surface area contributed by atoms with E-state index in [0.29, 0.717) is 5.54 Å². The fourth-order valence-electron chi connectivity index (χ4n) is 1.48. The maximum atomic E-state index is 5.29. The molecule has 1 N–H and O–H groups in total. The summed E-state index contributed by atoms with van der Waals surface area (Å²) in [6.07, 6.45) is 3.66. The summed E-state index contributed by atoms with van der Waals surface area (Å²) in [6.45, 7) is 11.5. The molecule has 0 saturated carbocycles. The highest BCUT2D eigenvalue weighted by Crippen LogP contribution is 2.12. The molecule has 0 fully saturated rings. The molecule has 0 bridgehead atoms. The first kappa shape index (κ1) is 12.9. The van der Waals surface area contributed by atoms with Crippen molar-refractivity contribution in [3.8, 4) is 0 Å². The minimum absolute atomic E-state index is 0.293. The fourth-order valence-corrected chi connectivity index (χ4v) is 1.48. The van der Waals surface area contributed by atoms with E-state index in [9.17, 15) is 0 Å². The maximum absolute atomic E-state index is 5.29. The van der Waals surface area contributed by atoms with E-state index in [2.05, 4.69) is 26.1 Å². The molecule has 0 spiro atoms. The third-order valence-electron chi connectivity index (χ3n) is 2.20. The predicted octanol–water partition coefficient (Wildman–Crippen LogP) is 2.58. The maximum Gasteiger partial charge on any atom is 0.0465 e. The first-order chi connectivity index (χ1) is 6.12. The van der Waals surface area contributed by atoms with E-state index in [1.165, 1.54) is 19.3 Å². The van der Waals surface area contributed by atoms with Crippen molar-refractivity contribution in [2.75, 3.05) is 19.8 Å². The van der Waals surface area contributed by atoms with E-state index in [0.717, 1.165) is 19.8 Å². The normalized spacial score (nSPS) is 12.0. The summed E-state index contributed by atoms with van der Waals surface area (Å²) in [7, 11) is 0. The zero-order valence-electron chi connectivity index (χ0n) is 9.65. The van der Waals surface area contributed by atoms with Crippen LogP contribution in [0.25, 0.3) is 0 Å². The Bertz CT molecular complexity index is 113. The molecule has 13 heavy (non-hydrogen) atoms. The van der Waals surface area contributed by atoms with E-state index in [1.807, 2.05) is 6.92 Å². The summed E-state index contributed by atoms with van der Waals surface area (Å²) in [5.41, 5.74) is 0.293. The second kappa shape index (κ2) is 7.34. The van der Waals surface area contributed by atoms with Gasteiger partial charge in [-0.1, -0.05) is 6.92 Å². The summed E-state index contributed by atoms with van der Waals surface area (Å²) in [6, 6.07) is 0. The highest BCUT2D eigenvalue weighted by atomic mass is 16.5. The molecule has 0 aromatic heterocycles. The number of rotatable bonds is 8. The van der Waals surface area contributed by atoms with Crippen molar-refractivity contribution < 1.29 is 4.74 Å². The summed E-state index contributed by atoms with van der Waals surface area (Å²) < 4.78 is 5.29. The highest BCUT2D eigenvalue weighted by molar-refractivity contribution is 4.75. The number of unbranched alkanes of at least 4 members (excludes halogenated alkanes) is 1. The summed E-state index contributed by atoms with van der Waals surface area (Å²) in [5.74, 6) is 0. The van der Waals surface area contributed by atoms with Gasteiger partial charge in [-0.15, -0.1) is 0 Å². The third-order valence-corrected chi connectivity index (χ3v) is 2.20. The van der Waals surface area contributed by atoms with Crippen LogP contribution in [0.2, 0.25) is 0 Å². The van der Waals surface area contributed by atoms with Crippen LogP contribution in [0.5, 0.6) is 0 Å². The van der Waals surface area contributed by atoms with Crippen LogP contribution in [0.15, 0.2) is 0 Å². The number of nitrogens with one attached hydrogen (secondary N) is 1. The van der Waals surface area contributed by atoms with Crippen molar-refractivity contribution >= 4 is 0 Å². The average molecular weight is 187 g/mol. The minimum atomic E-state index is 0.293. The second-order valence-corrected chi connectivity index (χ2v) is 4.07. The smallest absolute Gasteiger partial charge is 0.0465 e. The quantitative estimate of drug-likeness (QED) is 0.590. The SMILES string of the molecule is CCNC(C)(C)CCCCOCC. The fraction of sp³-hybridized carbons (Fsp3) is 1.00. The molecular weight excluding hydrogens is 162 g/mol. The molecule has 0 heterocycles. The van der Waals surface area contributed by atoms with E-state index in [-0.39, 0.29) is 0 Å². The van der Waals surface area contributed by atoms with Crippen molar-refractivity contribution in [1.82, 2.24) is 5.32 Å². The molecule has 0 rings (SSSR count). The van der Waals surface area contributed by atoms with Crippen molar-refractivity contribution in [2.45, 2.75) is 52.5 Å². The lowest BCUT2D eigenvalue weighted by Crippen LogP contribution is -2.38. The van der Waals surface area contributed by atoms with Gasteiger partial charge in [-0.2, -0.15) is 0 Å². The van der Waals surface area contributed by atoms with Crippen molar-refractivity contribution in [1.29, 1.82) is 0 Å². The van der Waals surface area contributed by atoms with E-state index in [4.69, 9.17) is 4.74 Å². The Hall–Kier alpha value is -0.0800. The summed E-state index contributed by atoms with van der Waals surface area (Å²) in [4.78, 5) is 0. The zero-order valence-corrected chi connectivity index (χ0v) is 9.65. The van der Waals surface area contributed by atoms with Crippen LogP contribution in [0.4, 0.5) is 0 Å². The number of ether oxygens (including phenoxy) is 1. The lowest BCUT2D eigenvalue weighted by molar-refractivity contribution is 0.141. The van der Waals surface area contributed by atoms with Crippen molar-refractivity contribution in [3.05, 3.63) is 0 Å². The molecule has 0 amide bonds. The van der Waals surface area contributed by atoms with Crippen LogP contribution in [0, 0.1) is 0 Å². The Labute approximate surface area is 83.1 Å². The molecule has 0 atom stereocenters. The second-order valence-electron chi connectivity index (χ2n) is 4.07. The van der Waals surface area contributed by atoms with Gasteiger partial charge in [0.25, 0.3) is 0 Å². The predicted molar refractivity (Wildman–Crippen MR) is 58.1 cm³/mol. The topological polar surface area (TPSA) is 21.3 Å². The monoisotopic (exact) mass is 187 g/mol. The van der Waals surface area contributed by atoms with Gasteiger partial charge < -0.3 is 10.1 Å². The van der Waals surface area contributed by atoms with Gasteiger partial charge in [-0.25, -0.2) is 0 Å². The molecule has 0 aromatic carbocycles. The molecule has 0 aliphatic carbocycles. The minimum Gasteiger partial charge on any atom is -0.382 e. The van der Waals surface area contributed by atoms with Gasteiger partial charge in [0.05, 0.1) is 0 Å². The molecule has 80 valence electrons. The standard InChI is InChI=1S/C11H25NO/c1-5-12-11(3,4)9-7-8-10-13-6-2/h12H,5-10H2,1-4H3. The van der Waals surface area contributed by atoms with Crippen LogP contribution in [-0.2, 0) is 4.74 Å². The van der Waals surface area contributed by atoms with Crippen LogP contribution < -0.4 is 5.32 Å². The Kier molecular flexibility index (Phi) is 7.29.